The van der Waals surface area contributed by atoms with Gasteiger partial charge in [-0.25, -0.2) is 4.39 Å². The summed E-state index contributed by atoms with van der Waals surface area (Å²) in [5, 5.41) is 14.2. The summed E-state index contributed by atoms with van der Waals surface area (Å²) < 4.78 is 54.5. The zero-order valence-electron chi connectivity index (χ0n) is 16.3. The van der Waals surface area contributed by atoms with E-state index in [0.717, 1.165) is 30.0 Å². The van der Waals surface area contributed by atoms with Crippen molar-refractivity contribution in [1.29, 1.82) is 5.26 Å². The average molecular weight is 452 g/mol. The van der Waals surface area contributed by atoms with Crippen molar-refractivity contribution in [3.8, 4) is 6.07 Å². The maximum atomic E-state index is 13.8. The second-order valence-electron chi connectivity index (χ2n) is 7.26. The number of nitrogens with one attached hydrogen (secondary N) is 2. The molecule has 10 heteroatoms. The van der Waals surface area contributed by atoms with Gasteiger partial charge in [0.2, 0.25) is 5.91 Å². The first kappa shape index (κ1) is 23.0. The molecule has 2 atom stereocenters. The van der Waals surface area contributed by atoms with Crippen LogP contribution in [-0.2, 0) is 10.5 Å². The van der Waals surface area contributed by atoms with Gasteiger partial charge in [-0.1, -0.05) is 18.2 Å². The fraction of sp³-hybridized carbons (Fsp3) is 0.381. The molecule has 0 radical (unpaired) electrons. The number of hydrogen-bond donors (Lipinski definition) is 2. The number of carbonyl (C=O) groups is 1. The Labute approximate surface area is 181 Å². The van der Waals surface area contributed by atoms with E-state index < -0.39 is 35.5 Å². The second kappa shape index (κ2) is 9.66. The summed E-state index contributed by atoms with van der Waals surface area (Å²) in [6.45, 7) is 0. The Morgan fingerprint density at radius 2 is 1.94 bits per heavy atom. The normalized spacial score (nSPS) is 16.7. The largest absolute Gasteiger partial charge is 0.407 e. The highest BCUT2D eigenvalue weighted by atomic mass is 32.2. The molecule has 1 aromatic carbocycles. The molecule has 1 aliphatic rings. The van der Waals surface area contributed by atoms with Gasteiger partial charge in [0.1, 0.15) is 17.4 Å². The molecular formula is C21H20F4N4OS. The predicted octanol–water partition coefficient (Wildman–Crippen LogP) is 3.89. The van der Waals surface area contributed by atoms with Crippen LogP contribution in [0, 0.1) is 17.1 Å². The van der Waals surface area contributed by atoms with Gasteiger partial charge in [-0.15, -0.1) is 0 Å². The number of nitrogens with zero attached hydrogens (tertiary/aromatic N) is 2. The second-order valence-corrected chi connectivity index (χ2v) is 8.30. The van der Waals surface area contributed by atoms with E-state index in [1.165, 1.54) is 11.8 Å². The minimum atomic E-state index is -4.71. The maximum Gasteiger partial charge on any atom is 0.407 e. The lowest BCUT2D eigenvalue weighted by Crippen LogP contribution is -2.52. The average Bonchev–Trinajstić information content (AvgIpc) is 3.51. The molecule has 0 aliphatic heterocycles. The van der Waals surface area contributed by atoms with Gasteiger partial charge < -0.3 is 5.32 Å². The molecule has 2 N–H and O–H groups in total. The molecule has 31 heavy (non-hydrogen) atoms. The van der Waals surface area contributed by atoms with Crippen molar-refractivity contribution < 1.29 is 22.4 Å². The number of rotatable bonds is 9. The number of benzene rings is 1. The van der Waals surface area contributed by atoms with Crippen molar-refractivity contribution in [2.24, 2.45) is 0 Å². The lowest BCUT2D eigenvalue weighted by molar-refractivity contribution is -0.160. The summed E-state index contributed by atoms with van der Waals surface area (Å²) in [4.78, 5) is 16.9. The Morgan fingerprint density at radius 3 is 2.48 bits per heavy atom. The third kappa shape index (κ3) is 6.42. The first-order chi connectivity index (χ1) is 14.7. The quantitative estimate of drug-likeness (QED) is 0.565. The third-order valence-electron chi connectivity index (χ3n) is 4.80. The molecule has 164 valence electrons. The van der Waals surface area contributed by atoms with Crippen LogP contribution in [0.5, 0.6) is 0 Å². The van der Waals surface area contributed by atoms with Crippen LogP contribution in [0.2, 0.25) is 0 Å². The van der Waals surface area contributed by atoms with Crippen molar-refractivity contribution in [2.45, 2.75) is 42.4 Å². The van der Waals surface area contributed by atoms with Gasteiger partial charge in [-0.3, -0.25) is 15.1 Å². The van der Waals surface area contributed by atoms with E-state index in [2.05, 4.69) is 15.6 Å². The Morgan fingerprint density at radius 1 is 1.23 bits per heavy atom. The summed E-state index contributed by atoms with van der Waals surface area (Å²) >= 11 is 1.25. The van der Waals surface area contributed by atoms with E-state index in [0.29, 0.717) is 18.6 Å². The molecule has 3 rings (SSSR count). The Bertz CT molecular complexity index is 927. The third-order valence-corrected chi connectivity index (χ3v) is 5.87. The van der Waals surface area contributed by atoms with Crippen LogP contribution in [0.25, 0.3) is 0 Å². The van der Waals surface area contributed by atoms with Gasteiger partial charge in [0.15, 0.2) is 0 Å². The highest BCUT2D eigenvalue weighted by Gasteiger charge is 2.47. The van der Waals surface area contributed by atoms with Crippen molar-refractivity contribution in [1.82, 2.24) is 15.6 Å². The molecule has 1 heterocycles. The molecule has 1 amide bonds. The van der Waals surface area contributed by atoms with Crippen molar-refractivity contribution in [3.63, 3.8) is 0 Å². The molecule has 1 aliphatic carbocycles. The number of hydrogen-bond acceptors (Lipinski definition) is 5. The molecule has 0 bridgehead atoms. The van der Waals surface area contributed by atoms with Gasteiger partial charge in [0, 0.05) is 17.7 Å². The predicted molar refractivity (Wildman–Crippen MR) is 108 cm³/mol. The smallest absolute Gasteiger partial charge is 0.336 e. The lowest BCUT2D eigenvalue weighted by Gasteiger charge is -2.28. The van der Waals surface area contributed by atoms with Gasteiger partial charge in [0.25, 0.3) is 0 Å². The fourth-order valence-electron chi connectivity index (χ4n) is 2.91. The number of carbonyl (C=O) groups excluding carboxylic acids is 1. The van der Waals surface area contributed by atoms with Crippen LogP contribution in [0.4, 0.5) is 17.6 Å². The van der Waals surface area contributed by atoms with Crippen molar-refractivity contribution in [2.75, 3.05) is 5.75 Å². The minimum Gasteiger partial charge on any atom is -0.336 e. The van der Waals surface area contributed by atoms with Crippen LogP contribution in [0.3, 0.4) is 0 Å². The van der Waals surface area contributed by atoms with Crippen LogP contribution in [-0.4, -0.2) is 34.4 Å². The van der Waals surface area contributed by atoms with Crippen LogP contribution >= 0.6 is 11.8 Å². The molecule has 1 aromatic heterocycles. The van der Waals surface area contributed by atoms with E-state index in [1.807, 2.05) is 6.07 Å². The molecule has 2 aromatic rings. The number of halogens is 4. The minimum absolute atomic E-state index is 0.0255. The molecular weight excluding hydrogens is 432 g/mol. The summed E-state index contributed by atoms with van der Waals surface area (Å²) in [5.74, 6) is -0.904. The summed E-state index contributed by atoms with van der Waals surface area (Å²) in [5.41, 5.74) is -0.484. The first-order valence-electron chi connectivity index (χ1n) is 9.52. The molecule has 0 saturated heterocycles. The van der Waals surface area contributed by atoms with E-state index in [9.17, 15) is 27.6 Å². The molecule has 0 spiro atoms. The van der Waals surface area contributed by atoms with Gasteiger partial charge >= 0.3 is 6.18 Å². The highest BCUT2D eigenvalue weighted by Crippen LogP contribution is 2.36. The van der Waals surface area contributed by atoms with Crippen LogP contribution in [0.15, 0.2) is 48.7 Å². The first-order valence-corrected chi connectivity index (χ1v) is 10.7. The summed E-state index contributed by atoms with van der Waals surface area (Å²) in [7, 11) is 0. The van der Waals surface area contributed by atoms with Crippen LogP contribution in [0.1, 0.15) is 30.1 Å². The maximum absolute atomic E-state index is 13.8. The van der Waals surface area contributed by atoms with Gasteiger partial charge in [-0.2, -0.15) is 30.2 Å². The number of pyridine rings is 1. The Hall–Kier alpha value is -2.64. The number of alkyl halides is 3. The molecule has 0 unspecified atom stereocenters. The Balaban J connectivity index is 1.76. The molecule has 1 saturated carbocycles. The lowest BCUT2D eigenvalue weighted by atomic mass is 10.0. The SMILES string of the molecule is N#CC1(NC(=O)[C@H](CSCc2ccccn2)N[C@H](c2ccc(F)cc2)C(F)(F)F)CC1. The van der Waals surface area contributed by atoms with E-state index >= 15 is 0 Å². The number of amides is 1. The van der Waals surface area contributed by atoms with Crippen molar-refractivity contribution in [3.05, 3.63) is 65.7 Å². The zero-order chi connectivity index (χ0) is 22.5. The number of aromatic nitrogens is 1. The van der Waals surface area contributed by atoms with E-state index in [1.54, 1.807) is 24.4 Å². The highest BCUT2D eigenvalue weighted by molar-refractivity contribution is 7.98. The zero-order valence-corrected chi connectivity index (χ0v) is 17.1. The van der Waals surface area contributed by atoms with Gasteiger partial charge in [0.05, 0.1) is 17.8 Å². The number of nitriles is 1. The summed E-state index contributed by atoms with van der Waals surface area (Å²) in [6, 6.07) is 7.88. The summed E-state index contributed by atoms with van der Waals surface area (Å²) in [6.07, 6.45) is -2.18. The van der Waals surface area contributed by atoms with E-state index in [4.69, 9.17) is 0 Å². The van der Waals surface area contributed by atoms with Crippen molar-refractivity contribution >= 4 is 17.7 Å². The standard InChI is InChI=1S/C21H20F4N4OS/c22-15-6-4-14(5-7-15)18(21(23,24)25)28-17(19(30)29-20(13-26)8-9-20)12-31-11-16-3-1-2-10-27-16/h1-7,10,17-18,28H,8-9,11-12H2,(H,29,30)/t17-,18+/m0/s1. The molecule has 5 nitrogen and oxygen atoms in total. The fourth-order valence-corrected chi connectivity index (χ4v) is 3.89. The van der Waals surface area contributed by atoms with E-state index in [-0.39, 0.29) is 11.3 Å². The monoisotopic (exact) mass is 452 g/mol. The van der Waals surface area contributed by atoms with Crippen LogP contribution < -0.4 is 10.6 Å². The molecule has 1 fully saturated rings. The Kier molecular flexibility index (Phi) is 7.18. The topological polar surface area (TPSA) is 77.8 Å². The number of thioether (sulfide) groups is 1. The van der Waals surface area contributed by atoms with Gasteiger partial charge in [-0.05, 0) is 42.7 Å².